The minimum absolute atomic E-state index is 0.371. The molecule has 1 N–H and O–H groups in total. The molecule has 9 heteroatoms. The number of hydrogen-bond donors (Lipinski definition) is 1. The molecule has 0 unspecified atom stereocenters. The van der Waals surface area contributed by atoms with E-state index in [0.717, 1.165) is 16.6 Å². The molecule has 0 aliphatic heterocycles. The average molecular weight is 403 g/mol. The van der Waals surface area contributed by atoms with Crippen LogP contribution in [-0.4, -0.2) is 13.3 Å². The minimum Gasteiger partial charge on any atom is -0.258 e. The van der Waals surface area contributed by atoms with Gasteiger partial charge in [0.05, 0.1) is 9.82 Å². The van der Waals surface area contributed by atoms with Gasteiger partial charge in [0.2, 0.25) is 15.8 Å². The lowest BCUT2D eigenvalue weighted by Gasteiger charge is -2.16. The van der Waals surface area contributed by atoms with Gasteiger partial charge in [-0.2, -0.15) is 4.39 Å². The van der Waals surface area contributed by atoms with Crippen molar-refractivity contribution in [2.45, 2.75) is 17.9 Å². The van der Waals surface area contributed by atoms with Crippen LogP contribution in [0.1, 0.15) is 18.5 Å². The van der Waals surface area contributed by atoms with E-state index in [2.05, 4.69) is 20.7 Å². The Kier molecular flexibility index (Phi) is 5.12. The lowest BCUT2D eigenvalue weighted by molar-refractivity contribution is -0.387. The number of nitro groups is 1. The van der Waals surface area contributed by atoms with Crippen molar-refractivity contribution in [3.63, 3.8) is 0 Å². The van der Waals surface area contributed by atoms with Gasteiger partial charge in [0.15, 0.2) is 0 Å². The molecule has 1 atom stereocenters. The molecule has 2 aromatic carbocycles. The van der Waals surface area contributed by atoms with Gasteiger partial charge in [0.25, 0.3) is 0 Å². The highest BCUT2D eigenvalue weighted by Crippen LogP contribution is 2.26. The van der Waals surface area contributed by atoms with E-state index in [1.165, 1.54) is 0 Å². The highest BCUT2D eigenvalue weighted by atomic mass is 79.9. The molecule has 23 heavy (non-hydrogen) atoms. The van der Waals surface area contributed by atoms with Crippen LogP contribution in [0.25, 0.3) is 0 Å². The van der Waals surface area contributed by atoms with Crippen molar-refractivity contribution in [1.29, 1.82) is 0 Å². The largest absolute Gasteiger partial charge is 0.306 e. The summed E-state index contributed by atoms with van der Waals surface area (Å²) in [5.74, 6) is -1.09. The molecule has 0 saturated heterocycles. The highest BCUT2D eigenvalue weighted by Gasteiger charge is 2.24. The van der Waals surface area contributed by atoms with E-state index in [9.17, 15) is 22.9 Å². The van der Waals surface area contributed by atoms with Crippen LogP contribution < -0.4 is 4.72 Å². The molecule has 0 heterocycles. The van der Waals surface area contributed by atoms with E-state index in [4.69, 9.17) is 0 Å². The van der Waals surface area contributed by atoms with Crippen LogP contribution in [-0.2, 0) is 10.0 Å². The molecule has 0 bridgehead atoms. The van der Waals surface area contributed by atoms with E-state index in [1.54, 1.807) is 31.2 Å². The van der Waals surface area contributed by atoms with Gasteiger partial charge in [-0.3, -0.25) is 10.1 Å². The smallest absolute Gasteiger partial charge is 0.258 e. The minimum atomic E-state index is -4.04. The molecular weight excluding hydrogens is 391 g/mol. The summed E-state index contributed by atoms with van der Waals surface area (Å²) in [7, 11) is -4.04. The number of sulfonamides is 1. The van der Waals surface area contributed by atoms with Crippen LogP contribution in [0.3, 0.4) is 0 Å². The third-order valence-electron chi connectivity index (χ3n) is 3.13. The Morgan fingerprint density at radius 1 is 1.26 bits per heavy atom. The number of benzene rings is 2. The predicted molar refractivity (Wildman–Crippen MR) is 85.9 cm³/mol. The van der Waals surface area contributed by atoms with Crippen LogP contribution in [0.5, 0.6) is 0 Å². The second-order valence-corrected chi connectivity index (χ2v) is 7.30. The summed E-state index contributed by atoms with van der Waals surface area (Å²) in [6.07, 6.45) is 0. The fourth-order valence-corrected chi connectivity index (χ4v) is 3.86. The third kappa shape index (κ3) is 3.92. The Morgan fingerprint density at radius 2 is 1.91 bits per heavy atom. The van der Waals surface area contributed by atoms with Crippen LogP contribution in [0.15, 0.2) is 51.8 Å². The van der Waals surface area contributed by atoms with Gasteiger partial charge in [0, 0.05) is 16.6 Å². The predicted octanol–water partition coefficient (Wildman–Crippen LogP) is 3.54. The molecule has 0 aliphatic rings. The van der Waals surface area contributed by atoms with Crippen molar-refractivity contribution >= 4 is 31.6 Å². The van der Waals surface area contributed by atoms with E-state index in [1.807, 2.05) is 0 Å². The van der Waals surface area contributed by atoms with E-state index in [-0.39, 0.29) is 4.90 Å². The van der Waals surface area contributed by atoms with Crippen molar-refractivity contribution in [2.75, 3.05) is 0 Å². The zero-order valence-corrected chi connectivity index (χ0v) is 14.3. The molecule has 0 radical (unpaired) electrons. The number of halogens is 2. The zero-order chi connectivity index (χ0) is 17.2. The molecular formula is C14H12BrFN2O4S. The van der Waals surface area contributed by atoms with Crippen molar-refractivity contribution in [2.24, 2.45) is 0 Å². The average Bonchev–Trinajstić information content (AvgIpc) is 2.47. The standard InChI is InChI=1S/C14H12BrFN2O4S/c1-9(11-4-2-3-5-12(11)15)17-23(21,22)10-6-7-13(16)14(8-10)18(19)20/h2-9,17H,1H3/t9-/m0/s1. The number of nitrogens with zero attached hydrogens (tertiary/aromatic N) is 1. The van der Waals surface area contributed by atoms with Gasteiger partial charge < -0.3 is 0 Å². The molecule has 2 rings (SSSR count). The van der Waals surface area contributed by atoms with Crippen LogP contribution in [0, 0.1) is 15.9 Å². The van der Waals surface area contributed by atoms with Gasteiger partial charge >= 0.3 is 5.69 Å². The highest BCUT2D eigenvalue weighted by molar-refractivity contribution is 9.10. The summed E-state index contributed by atoms with van der Waals surface area (Å²) in [6, 6.07) is 8.91. The lowest BCUT2D eigenvalue weighted by Crippen LogP contribution is -2.27. The molecule has 2 aromatic rings. The zero-order valence-electron chi connectivity index (χ0n) is 11.9. The third-order valence-corrected chi connectivity index (χ3v) is 5.39. The van der Waals surface area contributed by atoms with Crippen LogP contribution >= 0.6 is 15.9 Å². The maximum atomic E-state index is 13.3. The number of hydrogen-bond acceptors (Lipinski definition) is 4. The van der Waals surface area contributed by atoms with Crippen molar-refractivity contribution in [1.82, 2.24) is 4.72 Å². The first-order chi connectivity index (χ1) is 10.7. The SMILES string of the molecule is C[C@H](NS(=O)(=O)c1ccc(F)c([N+](=O)[O-])c1)c1ccccc1Br. The second-order valence-electron chi connectivity index (χ2n) is 4.73. The molecule has 0 aliphatic carbocycles. The van der Waals surface area contributed by atoms with Gasteiger partial charge in [-0.15, -0.1) is 0 Å². The number of nitro benzene ring substituents is 1. The quantitative estimate of drug-likeness (QED) is 0.611. The van der Waals surface area contributed by atoms with Crippen LogP contribution in [0.2, 0.25) is 0 Å². The summed E-state index contributed by atoms with van der Waals surface area (Å²) in [5, 5.41) is 10.7. The fraction of sp³-hybridized carbons (Fsp3) is 0.143. The molecule has 6 nitrogen and oxygen atoms in total. The van der Waals surface area contributed by atoms with Crippen molar-refractivity contribution in [3.8, 4) is 0 Å². The first-order valence-electron chi connectivity index (χ1n) is 6.43. The molecule has 0 aromatic heterocycles. The summed E-state index contributed by atoms with van der Waals surface area (Å²) in [4.78, 5) is 9.40. The first-order valence-corrected chi connectivity index (χ1v) is 8.70. The summed E-state index contributed by atoms with van der Waals surface area (Å²) >= 11 is 3.33. The summed E-state index contributed by atoms with van der Waals surface area (Å²) in [5.41, 5.74) is -0.186. The van der Waals surface area contributed by atoms with Gasteiger partial charge in [-0.05, 0) is 30.7 Å². The maximum Gasteiger partial charge on any atom is 0.306 e. The molecule has 0 fully saturated rings. The van der Waals surface area contributed by atoms with E-state index >= 15 is 0 Å². The second kappa shape index (κ2) is 6.73. The van der Waals surface area contributed by atoms with E-state index < -0.39 is 32.5 Å². The topological polar surface area (TPSA) is 89.3 Å². The molecule has 0 amide bonds. The van der Waals surface area contributed by atoms with Crippen molar-refractivity contribution in [3.05, 3.63) is 68.4 Å². The lowest BCUT2D eigenvalue weighted by atomic mass is 10.1. The fourth-order valence-electron chi connectivity index (χ4n) is 1.99. The number of rotatable bonds is 5. The first kappa shape index (κ1) is 17.5. The Hall–Kier alpha value is -1.84. The Bertz CT molecular complexity index is 858. The Balaban J connectivity index is 2.34. The molecule has 0 spiro atoms. The maximum absolute atomic E-state index is 13.3. The summed E-state index contributed by atoms with van der Waals surface area (Å²) < 4.78 is 41.1. The van der Waals surface area contributed by atoms with Crippen LogP contribution in [0.4, 0.5) is 10.1 Å². The van der Waals surface area contributed by atoms with Gasteiger partial charge in [-0.25, -0.2) is 13.1 Å². The van der Waals surface area contributed by atoms with Gasteiger partial charge in [-0.1, -0.05) is 34.1 Å². The van der Waals surface area contributed by atoms with Crippen molar-refractivity contribution < 1.29 is 17.7 Å². The summed E-state index contributed by atoms with van der Waals surface area (Å²) in [6.45, 7) is 1.63. The Morgan fingerprint density at radius 3 is 2.52 bits per heavy atom. The van der Waals surface area contributed by atoms with E-state index in [0.29, 0.717) is 11.6 Å². The van der Waals surface area contributed by atoms with Gasteiger partial charge in [0.1, 0.15) is 0 Å². The Labute approximate surface area is 140 Å². The monoisotopic (exact) mass is 402 g/mol. The number of nitrogens with one attached hydrogen (secondary N) is 1. The molecule has 122 valence electrons. The normalized spacial score (nSPS) is 12.8. The molecule has 0 saturated carbocycles.